The van der Waals surface area contributed by atoms with Crippen molar-refractivity contribution in [2.24, 2.45) is 0 Å². The third kappa shape index (κ3) is 3.26. The highest BCUT2D eigenvalue weighted by Gasteiger charge is 2.17. The molecule has 2 heterocycles. The fourth-order valence-corrected chi connectivity index (χ4v) is 2.53. The Morgan fingerprint density at radius 3 is 2.56 bits per heavy atom. The fraction of sp³-hybridized carbons (Fsp3) is 0.167. The minimum atomic E-state index is -0.765. The number of benzene rings is 1. The predicted octanol–water partition coefficient (Wildman–Crippen LogP) is 3.41. The number of anilines is 1. The van der Waals surface area contributed by atoms with Crippen LogP contribution in [0.4, 0.5) is 14.6 Å². The van der Waals surface area contributed by atoms with E-state index in [2.05, 4.69) is 9.97 Å². The Morgan fingerprint density at radius 1 is 1.12 bits per heavy atom. The van der Waals surface area contributed by atoms with Crippen molar-refractivity contribution in [1.29, 1.82) is 0 Å². The molecule has 0 radical (unpaired) electrons. The molecular weight excluding hydrogens is 326 g/mol. The number of nitrogens with two attached hydrogens (primary N) is 1. The van der Waals surface area contributed by atoms with Crippen LogP contribution in [0.15, 0.2) is 47.5 Å². The average Bonchev–Trinajstić information content (AvgIpc) is 2.55. The molecule has 25 heavy (non-hydrogen) atoms. The molecule has 0 spiro atoms. The molecule has 0 saturated carbocycles. The molecule has 3 rings (SSSR count). The molecule has 2 N–H and O–H groups in total. The van der Waals surface area contributed by atoms with Gasteiger partial charge in [0.25, 0.3) is 5.56 Å². The first-order valence-electron chi connectivity index (χ1n) is 7.67. The molecule has 2 aromatic heterocycles. The van der Waals surface area contributed by atoms with E-state index < -0.39 is 11.6 Å². The zero-order chi connectivity index (χ0) is 18.1. The van der Waals surface area contributed by atoms with Crippen LogP contribution in [0.2, 0.25) is 0 Å². The number of pyridine rings is 1. The third-order valence-electron chi connectivity index (χ3n) is 3.75. The maximum atomic E-state index is 14.2. The highest BCUT2D eigenvalue weighted by molar-refractivity contribution is 5.78. The molecule has 128 valence electrons. The van der Waals surface area contributed by atoms with Gasteiger partial charge in [-0.2, -0.15) is 0 Å². The van der Waals surface area contributed by atoms with Crippen LogP contribution in [0.3, 0.4) is 0 Å². The Labute approximate surface area is 142 Å². The SMILES string of the molecule is CC(C)n1cc(-c2ncc(N)nc2-c2ccc(F)cc2F)ccc1=O. The summed E-state index contributed by atoms with van der Waals surface area (Å²) < 4.78 is 29.0. The van der Waals surface area contributed by atoms with Gasteiger partial charge in [-0.05, 0) is 32.0 Å². The first-order chi connectivity index (χ1) is 11.9. The van der Waals surface area contributed by atoms with Gasteiger partial charge >= 0.3 is 0 Å². The van der Waals surface area contributed by atoms with Gasteiger partial charge in [-0.25, -0.2) is 13.8 Å². The molecule has 0 fully saturated rings. The van der Waals surface area contributed by atoms with Gasteiger partial charge in [-0.15, -0.1) is 0 Å². The lowest BCUT2D eigenvalue weighted by molar-refractivity contribution is 0.579. The van der Waals surface area contributed by atoms with Gasteiger partial charge in [0.2, 0.25) is 0 Å². The van der Waals surface area contributed by atoms with Gasteiger partial charge in [0, 0.05) is 35.5 Å². The summed E-state index contributed by atoms with van der Waals surface area (Å²) in [7, 11) is 0. The molecular formula is C18H16F2N4O. The Hall–Kier alpha value is -3.09. The van der Waals surface area contributed by atoms with Crippen LogP contribution in [-0.4, -0.2) is 14.5 Å². The van der Waals surface area contributed by atoms with Crippen LogP contribution in [0, 0.1) is 11.6 Å². The molecule has 0 aliphatic heterocycles. The van der Waals surface area contributed by atoms with Crippen LogP contribution >= 0.6 is 0 Å². The van der Waals surface area contributed by atoms with Gasteiger partial charge in [-0.1, -0.05) is 0 Å². The summed E-state index contributed by atoms with van der Waals surface area (Å²) in [5.74, 6) is -1.34. The van der Waals surface area contributed by atoms with E-state index in [9.17, 15) is 13.6 Å². The zero-order valence-electron chi connectivity index (χ0n) is 13.7. The number of hydrogen-bond donors (Lipinski definition) is 1. The summed E-state index contributed by atoms with van der Waals surface area (Å²) in [6.07, 6.45) is 2.99. The van der Waals surface area contributed by atoms with E-state index in [-0.39, 0.29) is 28.7 Å². The molecule has 1 aromatic carbocycles. The lowest BCUT2D eigenvalue weighted by Gasteiger charge is -2.14. The molecule has 0 saturated heterocycles. The minimum absolute atomic E-state index is 0.0554. The molecule has 0 aliphatic rings. The smallest absolute Gasteiger partial charge is 0.250 e. The van der Waals surface area contributed by atoms with Gasteiger partial charge in [0.15, 0.2) is 0 Å². The Bertz CT molecular complexity index is 999. The Kier molecular flexibility index (Phi) is 4.31. The van der Waals surface area contributed by atoms with Gasteiger partial charge in [0.05, 0.1) is 11.9 Å². The predicted molar refractivity (Wildman–Crippen MR) is 91.9 cm³/mol. The van der Waals surface area contributed by atoms with E-state index in [1.165, 1.54) is 22.9 Å². The Morgan fingerprint density at radius 2 is 1.88 bits per heavy atom. The maximum absolute atomic E-state index is 14.2. The Balaban J connectivity index is 2.25. The van der Waals surface area contributed by atoms with Crippen molar-refractivity contribution in [3.05, 3.63) is 64.7 Å². The van der Waals surface area contributed by atoms with Crippen molar-refractivity contribution in [3.8, 4) is 22.5 Å². The quantitative estimate of drug-likeness (QED) is 0.791. The van der Waals surface area contributed by atoms with E-state index in [0.29, 0.717) is 11.3 Å². The topological polar surface area (TPSA) is 73.8 Å². The highest BCUT2D eigenvalue weighted by Crippen LogP contribution is 2.31. The number of aromatic nitrogens is 3. The van der Waals surface area contributed by atoms with Crippen LogP contribution in [0.1, 0.15) is 19.9 Å². The summed E-state index contributed by atoms with van der Waals surface area (Å²) in [4.78, 5) is 20.4. The molecule has 3 aromatic rings. The largest absolute Gasteiger partial charge is 0.382 e. The van der Waals surface area contributed by atoms with Crippen LogP contribution in [-0.2, 0) is 0 Å². The monoisotopic (exact) mass is 342 g/mol. The zero-order valence-corrected chi connectivity index (χ0v) is 13.7. The standard InChI is InChI=1S/C18H16F2N4O/c1-10(2)24-9-11(3-6-16(24)25)17-18(23-15(21)8-22-17)13-5-4-12(19)7-14(13)20/h3-10H,1-2H3,(H2,21,23). The van der Waals surface area contributed by atoms with E-state index in [1.54, 1.807) is 12.3 Å². The van der Waals surface area contributed by atoms with Gasteiger partial charge < -0.3 is 10.3 Å². The number of rotatable bonds is 3. The van der Waals surface area contributed by atoms with Crippen molar-refractivity contribution < 1.29 is 8.78 Å². The first-order valence-corrected chi connectivity index (χ1v) is 7.67. The lowest BCUT2D eigenvalue weighted by Crippen LogP contribution is -2.20. The fourth-order valence-electron chi connectivity index (χ4n) is 2.53. The van der Waals surface area contributed by atoms with E-state index in [4.69, 9.17) is 5.73 Å². The maximum Gasteiger partial charge on any atom is 0.250 e. The van der Waals surface area contributed by atoms with Crippen molar-refractivity contribution in [2.45, 2.75) is 19.9 Å². The summed E-state index contributed by atoms with van der Waals surface area (Å²) >= 11 is 0. The second-order valence-corrected chi connectivity index (χ2v) is 5.87. The molecule has 0 amide bonds. The summed E-state index contributed by atoms with van der Waals surface area (Å²) in [6, 6.07) is 6.15. The van der Waals surface area contributed by atoms with E-state index in [0.717, 1.165) is 12.1 Å². The van der Waals surface area contributed by atoms with Crippen molar-refractivity contribution >= 4 is 5.82 Å². The van der Waals surface area contributed by atoms with E-state index in [1.807, 2.05) is 13.8 Å². The first kappa shape index (κ1) is 16.8. The lowest BCUT2D eigenvalue weighted by atomic mass is 10.0. The molecule has 7 heteroatoms. The number of hydrogen-bond acceptors (Lipinski definition) is 4. The van der Waals surface area contributed by atoms with Crippen molar-refractivity contribution in [1.82, 2.24) is 14.5 Å². The number of nitrogens with zero attached hydrogens (tertiary/aromatic N) is 3. The molecule has 0 aliphatic carbocycles. The van der Waals surface area contributed by atoms with Crippen LogP contribution in [0.5, 0.6) is 0 Å². The number of halogens is 2. The minimum Gasteiger partial charge on any atom is -0.382 e. The second kappa shape index (κ2) is 6.43. The van der Waals surface area contributed by atoms with Crippen LogP contribution < -0.4 is 11.3 Å². The van der Waals surface area contributed by atoms with Crippen molar-refractivity contribution in [3.63, 3.8) is 0 Å². The van der Waals surface area contributed by atoms with E-state index >= 15 is 0 Å². The third-order valence-corrected chi connectivity index (χ3v) is 3.75. The highest BCUT2D eigenvalue weighted by atomic mass is 19.1. The molecule has 0 atom stereocenters. The number of nitrogen functional groups attached to an aromatic ring is 1. The van der Waals surface area contributed by atoms with Gasteiger partial charge in [-0.3, -0.25) is 9.78 Å². The van der Waals surface area contributed by atoms with Gasteiger partial charge in [0.1, 0.15) is 23.1 Å². The normalized spacial score (nSPS) is 11.1. The molecule has 5 nitrogen and oxygen atoms in total. The second-order valence-electron chi connectivity index (χ2n) is 5.87. The average molecular weight is 342 g/mol. The summed E-state index contributed by atoms with van der Waals surface area (Å²) in [6.45, 7) is 3.75. The molecule has 0 bridgehead atoms. The molecule has 0 unspecified atom stereocenters. The summed E-state index contributed by atoms with van der Waals surface area (Å²) in [5.41, 5.74) is 6.75. The van der Waals surface area contributed by atoms with Crippen LogP contribution in [0.25, 0.3) is 22.5 Å². The van der Waals surface area contributed by atoms with Crippen molar-refractivity contribution in [2.75, 3.05) is 5.73 Å². The summed E-state index contributed by atoms with van der Waals surface area (Å²) in [5, 5.41) is 0.